The number of hydrogen-bond donors (Lipinski definition) is 0. The largest absolute Gasteiger partial charge is 0.312 e. The van der Waals surface area contributed by atoms with Crippen molar-refractivity contribution in [3.8, 4) is 0 Å². The fourth-order valence-electron chi connectivity index (χ4n) is 12.9. The molecule has 0 saturated carbocycles. The predicted molar refractivity (Wildman–Crippen MR) is 337 cm³/mol. The number of rotatable bonds is 18. The third-order valence-corrected chi connectivity index (χ3v) is 20.8. The zero-order valence-corrected chi connectivity index (χ0v) is 49.1. The van der Waals surface area contributed by atoms with Crippen molar-refractivity contribution in [3.05, 3.63) is 427 Å². The second-order valence-electron chi connectivity index (χ2n) is 22.8. The molecule has 0 aromatic heterocycles. The number of hydrogen-bond acceptors (Lipinski definition) is 0. The first-order valence-corrected chi connectivity index (χ1v) is 31.8. The van der Waals surface area contributed by atoms with E-state index in [1.54, 1.807) is 104 Å². The maximum Gasteiger partial charge on any atom is 0.267 e. The summed E-state index contributed by atoms with van der Waals surface area (Å²) in [6.07, 6.45) is 0. The molecule has 0 amide bonds. The van der Waals surface area contributed by atoms with Gasteiger partial charge in [-0.15, -0.1) is 0 Å². The van der Waals surface area contributed by atoms with Gasteiger partial charge in [-0.1, -0.05) is 194 Å². The lowest BCUT2D eigenvalue weighted by atomic mass is 9.84. The number of halogens is 9. The highest BCUT2D eigenvalue weighted by atomic mass is 28.4. The standard InChI is InChI=1S/C79H57F9Si/c1-89(88,78(62-10-2-50(3-11-62)74(54-18-34-66(80)35-19-54)55-20-36-67(81)37-21-55)63-12-4-51(5-13-63)75(56-22-38-68(82)39-23-56)57-24-40-69(83)41-25-57)79(64-14-6-52(7-15-64)76(58-26-42-70(84)43-27-58)59-28-44-71(85)45-29-59)65-16-8-53(9-17-65)77(60-30-46-72(86)47-31-60)61-32-48-73(87)49-33-61/h2-49,74-79H,1H3. The Bertz CT molecular complexity index is 3550. The Balaban J connectivity index is 1.03. The molecule has 0 aliphatic carbocycles. The van der Waals surface area contributed by atoms with Crippen molar-refractivity contribution in [1.29, 1.82) is 0 Å². The molecule has 0 atom stereocenters. The molecule has 0 aliphatic heterocycles. The third kappa shape index (κ3) is 13.1. The van der Waals surface area contributed by atoms with Gasteiger partial charge < -0.3 is 4.11 Å². The third-order valence-electron chi connectivity index (χ3n) is 17.2. The van der Waals surface area contributed by atoms with Crippen molar-refractivity contribution in [2.45, 2.75) is 41.3 Å². The van der Waals surface area contributed by atoms with Crippen LogP contribution in [-0.4, -0.2) is 8.41 Å². The van der Waals surface area contributed by atoms with Gasteiger partial charge in [-0.25, -0.2) is 35.1 Å². The van der Waals surface area contributed by atoms with Crippen molar-refractivity contribution in [2.24, 2.45) is 0 Å². The molecule has 0 N–H and O–H groups in total. The topological polar surface area (TPSA) is 0 Å². The van der Waals surface area contributed by atoms with E-state index in [4.69, 9.17) is 0 Å². The molecule has 0 bridgehead atoms. The average molecular weight is 1210 g/mol. The Labute approximate surface area is 513 Å². The molecule has 0 radical (unpaired) electrons. The van der Waals surface area contributed by atoms with Crippen molar-refractivity contribution in [2.75, 3.05) is 0 Å². The number of benzene rings is 12. The summed E-state index contributed by atoms with van der Waals surface area (Å²) in [5, 5.41) is 0. The Morgan fingerprint density at radius 2 is 0.258 bits per heavy atom. The minimum Gasteiger partial charge on any atom is -0.312 e. The van der Waals surface area contributed by atoms with Gasteiger partial charge in [-0.05, 0) is 193 Å². The van der Waals surface area contributed by atoms with Crippen molar-refractivity contribution >= 4 is 8.41 Å². The Kier molecular flexibility index (Phi) is 17.3. The maximum atomic E-state index is 20.5. The monoisotopic (exact) mass is 1200 g/mol. The van der Waals surface area contributed by atoms with Gasteiger partial charge in [0.15, 0.2) is 0 Å². The van der Waals surface area contributed by atoms with Crippen LogP contribution in [-0.2, 0) is 0 Å². The first kappa shape index (κ1) is 59.6. The summed E-state index contributed by atoms with van der Waals surface area (Å²) in [7, 11) is -4.50. The van der Waals surface area contributed by atoms with E-state index in [1.165, 1.54) is 97.1 Å². The molecule has 12 aromatic carbocycles. The zero-order valence-electron chi connectivity index (χ0n) is 48.1. The molecule has 0 spiro atoms. The Hall–Kier alpha value is -9.77. The van der Waals surface area contributed by atoms with Crippen LogP contribution in [0.2, 0.25) is 6.55 Å². The van der Waals surface area contributed by atoms with Gasteiger partial charge in [0.2, 0.25) is 0 Å². The van der Waals surface area contributed by atoms with Gasteiger partial charge in [0.1, 0.15) is 46.5 Å². The fourth-order valence-corrected chi connectivity index (χ4v) is 16.6. The summed E-state index contributed by atoms with van der Waals surface area (Å²) >= 11 is 0. The van der Waals surface area contributed by atoms with Crippen LogP contribution in [0.15, 0.2) is 291 Å². The predicted octanol–water partition coefficient (Wildman–Crippen LogP) is 21.1. The second-order valence-corrected chi connectivity index (χ2v) is 26.3. The van der Waals surface area contributed by atoms with E-state index >= 15 is 4.11 Å². The van der Waals surface area contributed by atoms with Gasteiger partial charge >= 0.3 is 0 Å². The quantitative estimate of drug-likeness (QED) is 0.0348. The molecular weight excluding hydrogens is 1150 g/mol. The van der Waals surface area contributed by atoms with Gasteiger partial charge in [0.05, 0.1) is 0 Å². The molecule has 12 rings (SSSR count). The molecule has 10 heteroatoms. The minimum absolute atomic E-state index is 0.412. The second kappa shape index (κ2) is 25.9. The Morgan fingerprint density at radius 3 is 0.371 bits per heavy atom. The smallest absolute Gasteiger partial charge is 0.267 e. The van der Waals surface area contributed by atoms with E-state index in [-0.39, 0.29) is 0 Å². The fraction of sp³-hybridized carbons (Fsp3) is 0.0886. The van der Waals surface area contributed by atoms with Crippen molar-refractivity contribution in [1.82, 2.24) is 0 Å². The molecule has 0 saturated heterocycles. The van der Waals surface area contributed by atoms with Crippen molar-refractivity contribution < 1.29 is 39.2 Å². The van der Waals surface area contributed by atoms with E-state index < -0.39 is 89.7 Å². The van der Waals surface area contributed by atoms with E-state index in [9.17, 15) is 35.1 Å². The molecule has 0 heterocycles. The Morgan fingerprint density at radius 1 is 0.169 bits per heavy atom. The lowest BCUT2D eigenvalue weighted by Crippen LogP contribution is -2.42. The van der Waals surface area contributed by atoms with Crippen LogP contribution in [0.1, 0.15) is 124 Å². The van der Waals surface area contributed by atoms with Crippen molar-refractivity contribution in [3.63, 3.8) is 0 Å². The molecule has 0 aliphatic rings. The van der Waals surface area contributed by atoms with Gasteiger partial charge in [-0.2, -0.15) is 0 Å². The highest BCUT2D eigenvalue weighted by Gasteiger charge is 2.49. The lowest BCUT2D eigenvalue weighted by molar-refractivity contribution is 0.625. The molecule has 12 aromatic rings. The maximum absolute atomic E-state index is 20.5. The van der Waals surface area contributed by atoms with Gasteiger partial charge in [0.25, 0.3) is 8.41 Å². The van der Waals surface area contributed by atoms with Crippen LogP contribution >= 0.6 is 0 Å². The highest BCUT2D eigenvalue weighted by molar-refractivity contribution is 6.76. The zero-order chi connectivity index (χ0) is 61.8. The first-order valence-electron chi connectivity index (χ1n) is 29.3. The van der Waals surface area contributed by atoms with Crippen LogP contribution < -0.4 is 0 Å². The normalized spacial score (nSPS) is 11.9. The van der Waals surface area contributed by atoms with E-state index in [2.05, 4.69) is 0 Å². The van der Waals surface area contributed by atoms with Gasteiger partial charge in [-0.3, -0.25) is 0 Å². The summed E-state index contributed by atoms with van der Waals surface area (Å²) in [5.74, 6) is -5.14. The molecule has 89 heavy (non-hydrogen) atoms. The van der Waals surface area contributed by atoms with Crippen LogP contribution in [0, 0.1) is 46.5 Å². The highest BCUT2D eigenvalue weighted by Crippen LogP contribution is 2.49. The SMILES string of the molecule is C[Si](F)(C(c1ccc(C(c2ccc(F)cc2)c2ccc(F)cc2)cc1)c1ccc(C(c2ccc(F)cc2)c2ccc(F)cc2)cc1)C(c1ccc(C(c2ccc(F)cc2)c2ccc(F)cc2)cc1)c1ccc(C(c2ccc(F)cc2)c2ccc(F)cc2)cc1. The molecular formula is C79H57F9Si. The van der Waals surface area contributed by atoms with Crippen LogP contribution in [0.5, 0.6) is 0 Å². The molecule has 0 fully saturated rings. The van der Waals surface area contributed by atoms with Crippen LogP contribution in [0.4, 0.5) is 39.2 Å². The average Bonchev–Trinajstić information content (AvgIpc) is 1.44. The first-order chi connectivity index (χ1) is 43.1. The molecule has 0 nitrogen and oxygen atoms in total. The van der Waals surface area contributed by atoms with E-state index in [0.29, 0.717) is 22.3 Å². The lowest BCUT2D eigenvalue weighted by Gasteiger charge is -2.37. The van der Waals surface area contributed by atoms with Crippen LogP contribution in [0.25, 0.3) is 0 Å². The summed E-state index contributed by atoms with van der Waals surface area (Å²) in [6.45, 7) is 1.73. The minimum atomic E-state index is -4.50. The summed E-state index contributed by atoms with van der Waals surface area (Å²) in [6, 6.07) is 80.2. The molecule has 0 unspecified atom stereocenters. The summed E-state index contributed by atoms with van der Waals surface area (Å²) in [4.78, 5) is 0. The summed E-state index contributed by atoms with van der Waals surface area (Å²) < 4.78 is 136. The van der Waals surface area contributed by atoms with E-state index in [1.807, 2.05) is 97.1 Å². The van der Waals surface area contributed by atoms with E-state index in [0.717, 1.165) is 66.8 Å². The van der Waals surface area contributed by atoms with Gasteiger partial charge in [0, 0.05) is 34.8 Å². The van der Waals surface area contributed by atoms with Crippen LogP contribution in [0.3, 0.4) is 0 Å². The summed E-state index contributed by atoms with van der Waals surface area (Å²) in [5.41, 5.74) is 10.0. The molecule has 440 valence electrons.